The molecule has 0 bridgehead atoms. The third-order valence-corrected chi connectivity index (χ3v) is 11.0. The molecule has 6 heteroatoms. The average molecular weight is 672 g/mol. The second kappa shape index (κ2) is 10.9. The van der Waals surface area contributed by atoms with Crippen molar-refractivity contribution in [1.82, 2.24) is 15.0 Å². The molecule has 0 aliphatic carbocycles. The Hall–Kier alpha value is -6.63. The van der Waals surface area contributed by atoms with E-state index in [9.17, 15) is 0 Å². The molecule has 11 rings (SSSR count). The van der Waals surface area contributed by atoms with E-state index in [0.29, 0.717) is 17.5 Å². The number of thiophene rings is 1. The van der Waals surface area contributed by atoms with Crippen molar-refractivity contribution < 1.29 is 8.83 Å². The van der Waals surface area contributed by atoms with Gasteiger partial charge in [-0.25, -0.2) is 15.0 Å². The van der Waals surface area contributed by atoms with Gasteiger partial charge in [-0.15, -0.1) is 11.3 Å². The second-order valence-electron chi connectivity index (χ2n) is 12.7. The number of benzene rings is 7. The van der Waals surface area contributed by atoms with Gasteiger partial charge in [0.1, 0.15) is 22.3 Å². The van der Waals surface area contributed by atoms with E-state index >= 15 is 0 Å². The van der Waals surface area contributed by atoms with Gasteiger partial charge >= 0.3 is 0 Å². The van der Waals surface area contributed by atoms with Gasteiger partial charge in [0, 0.05) is 47.3 Å². The van der Waals surface area contributed by atoms with Crippen LogP contribution in [0.2, 0.25) is 0 Å². The van der Waals surface area contributed by atoms with Crippen LogP contribution in [0.4, 0.5) is 0 Å². The highest BCUT2D eigenvalue weighted by Gasteiger charge is 2.21. The van der Waals surface area contributed by atoms with E-state index < -0.39 is 0 Å². The Balaban J connectivity index is 1.11. The zero-order chi connectivity index (χ0) is 33.5. The van der Waals surface area contributed by atoms with Crippen LogP contribution in [0.3, 0.4) is 0 Å². The summed E-state index contributed by atoms with van der Waals surface area (Å²) in [4.78, 5) is 15.2. The Morgan fingerprint density at radius 2 is 0.941 bits per heavy atom. The molecule has 0 aliphatic heterocycles. The number of hydrogen-bond donors (Lipinski definition) is 0. The molecule has 7 aromatic carbocycles. The van der Waals surface area contributed by atoms with E-state index in [1.165, 1.54) is 25.7 Å². The summed E-state index contributed by atoms with van der Waals surface area (Å²) in [5.41, 5.74) is 8.01. The van der Waals surface area contributed by atoms with E-state index in [1.807, 2.05) is 78.1 Å². The van der Waals surface area contributed by atoms with Gasteiger partial charge < -0.3 is 8.83 Å². The highest BCUT2D eigenvalue weighted by Crippen LogP contribution is 2.43. The van der Waals surface area contributed by atoms with Crippen LogP contribution in [0.5, 0.6) is 0 Å². The van der Waals surface area contributed by atoms with Crippen molar-refractivity contribution in [1.29, 1.82) is 0 Å². The van der Waals surface area contributed by atoms with E-state index in [-0.39, 0.29) is 0 Å². The summed E-state index contributed by atoms with van der Waals surface area (Å²) < 4.78 is 15.6. The molecule has 0 amide bonds. The standard InChI is InChI=1S/C45H25N3O2S/c1-2-11-26(12-3-1)43-46-44(34-19-9-16-31-29-13-4-6-21-37(29)49-40(31)34)48-45(47-43)35-20-10-17-32-36-25-27(23-24-38(36)50-41(32)35)28-15-8-18-33-30-14-5-7-22-39(30)51-42(28)33/h1-25H. The first kappa shape index (κ1) is 28.2. The molecule has 238 valence electrons. The zero-order valence-corrected chi connectivity index (χ0v) is 27.8. The lowest BCUT2D eigenvalue weighted by Gasteiger charge is -2.09. The van der Waals surface area contributed by atoms with Gasteiger partial charge in [0.15, 0.2) is 17.5 Å². The minimum absolute atomic E-state index is 0.534. The van der Waals surface area contributed by atoms with Crippen molar-refractivity contribution in [2.45, 2.75) is 0 Å². The number of aromatic nitrogens is 3. The lowest BCUT2D eigenvalue weighted by atomic mass is 10.00. The lowest BCUT2D eigenvalue weighted by molar-refractivity contribution is 0.669. The molecule has 4 aromatic heterocycles. The van der Waals surface area contributed by atoms with E-state index in [1.54, 1.807) is 0 Å². The maximum Gasteiger partial charge on any atom is 0.167 e. The Morgan fingerprint density at radius 3 is 1.71 bits per heavy atom. The van der Waals surface area contributed by atoms with Crippen LogP contribution in [0.1, 0.15) is 0 Å². The Kier molecular flexibility index (Phi) is 6.05. The first-order valence-corrected chi connectivity index (χ1v) is 17.7. The molecule has 0 atom stereocenters. The number of furan rings is 2. The number of rotatable bonds is 4. The fraction of sp³-hybridized carbons (Fsp3) is 0. The van der Waals surface area contributed by atoms with Gasteiger partial charge in [-0.1, -0.05) is 115 Å². The highest BCUT2D eigenvalue weighted by molar-refractivity contribution is 7.26. The summed E-state index contributed by atoms with van der Waals surface area (Å²) in [5.74, 6) is 1.65. The summed E-state index contributed by atoms with van der Waals surface area (Å²) in [7, 11) is 0. The van der Waals surface area contributed by atoms with Crippen LogP contribution in [0.25, 0.3) is 109 Å². The molecule has 0 unspecified atom stereocenters. The molecular formula is C45H25N3O2S. The summed E-state index contributed by atoms with van der Waals surface area (Å²) in [6.45, 7) is 0. The average Bonchev–Trinajstić information content (AvgIpc) is 3.89. The summed E-state index contributed by atoms with van der Waals surface area (Å²) in [5, 5.41) is 6.71. The van der Waals surface area contributed by atoms with Gasteiger partial charge in [0.2, 0.25) is 0 Å². The maximum atomic E-state index is 6.65. The van der Waals surface area contributed by atoms with Gasteiger partial charge in [-0.3, -0.25) is 0 Å². The maximum absolute atomic E-state index is 6.65. The third-order valence-electron chi connectivity index (χ3n) is 9.77. The summed E-state index contributed by atoms with van der Waals surface area (Å²) in [6.07, 6.45) is 0. The Morgan fingerprint density at radius 1 is 0.373 bits per heavy atom. The first-order chi connectivity index (χ1) is 25.3. The molecule has 11 aromatic rings. The molecule has 0 radical (unpaired) electrons. The zero-order valence-electron chi connectivity index (χ0n) is 27.0. The Labute approximate surface area is 295 Å². The quantitative estimate of drug-likeness (QED) is 0.186. The molecule has 51 heavy (non-hydrogen) atoms. The SMILES string of the molecule is c1ccc(-c2nc(-c3cccc4c3oc3ccccc34)nc(-c3cccc4c3oc3ccc(-c5cccc6c5sc5ccccc56)cc34)n2)cc1. The molecule has 0 spiro atoms. The normalized spacial score (nSPS) is 11.9. The number of para-hydroxylation sites is 3. The monoisotopic (exact) mass is 671 g/mol. The van der Waals surface area contributed by atoms with Crippen LogP contribution >= 0.6 is 11.3 Å². The van der Waals surface area contributed by atoms with E-state index in [2.05, 4.69) is 84.9 Å². The number of hydrogen-bond acceptors (Lipinski definition) is 6. The van der Waals surface area contributed by atoms with E-state index in [0.717, 1.165) is 66.1 Å². The minimum atomic E-state index is 0.534. The summed E-state index contributed by atoms with van der Waals surface area (Å²) >= 11 is 1.84. The van der Waals surface area contributed by atoms with Crippen LogP contribution in [-0.4, -0.2) is 15.0 Å². The molecular weight excluding hydrogens is 647 g/mol. The van der Waals surface area contributed by atoms with Crippen LogP contribution in [-0.2, 0) is 0 Å². The van der Waals surface area contributed by atoms with Gasteiger partial charge in [0.25, 0.3) is 0 Å². The van der Waals surface area contributed by atoms with Crippen molar-refractivity contribution >= 4 is 75.4 Å². The fourth-order valence-electron chi connectivity index (χ4n) is 7.37. The predicted molar refractivity (Wildman–Crippen MR) is 209 cm³/mol. The van der Waals surface area contributed by atoms with E-state index in [4.69, 9.17) is 23.8 Å². The van der Waals surface area contributed by atoms with Crippen molar-refractivity contribution in [3.05, 3.63) is 152 Å². The van der Waals surface area contributed by atoms with Crippen molar-refractivity contribution in [2.75, 3.05) is 0 Å². The van der Waals surface area contributed by atoms with Crippen molar-refractivity contribution in [3.8, 4) is 45.3 Å². The molecule has 4 heterocycles. The lowest BCUT2D eigenvalue weighted by Crippen LogP contribution is -2.00. The molecule has 0 fully saturated rings. The first-order valence-electron chi connectivity index (χ1n) is 16.9. The van der Waals surface area contributed by atoms with Crippen LogP contribution in [0, 0.1) is 0 Å². The van der Waals surface area contributed by atoms with Crippen molar-refractivity contribution in [2.24, 2.45) is 0 Å². The topological polar surface area (TPSA) is 65.0 Å². The Bertz CT molecular complexity index is 3160. The smallest absolute Gasteiger partial charge is 0.167 e. The van der Waals surface area contributed by atoms with Gasteiger partial charge in [-0.05, 0) is 47.5 Å². The van der Waals surface area contributed by atoms with Crippen LogP contribution in [0.15, 0.2) is 160 Å². The summed E-state index contributed by atoms with van der Waals surface area (Å²) in [6, 6.07) is 52.1. The molecule has 0 saturated carbocycles. The van der Waals surface area contributed by atoms with Gasteiger partial charge in [-0.2, -0.15) is 0 Å². The number of nitrogens with zero attached hydrogens (tertiary/aromatic N) is 3. The number of fused-ring (bicyclic) bond motifs is 9. The third kappa shape index (κ3) is 4.37. The highest BCUT2D eigenvalue weighted by atomic mass is 32.1. The van der Waals surface area contributed by atoms with Crippen LogP contribution < -0.4 is 0 Å². The molecule has 0 N–H and O–H groups in total. The predicted octanol–water partition coefficient (Wildman–Crippen LogP) is 12.7. The molecule has 5 nitrogen and oxygen atoms in total. The van der Waals surface area contributed by atoms with Gasteiger partial charge in [0.05, 0.1) is 11.1 Å². The second-order valence-corrected chi connectivity index (χ2v) is 13.8. The molecule has 0 saturated heterocycles. The fourth-order valence-corrected chi connectivity index (χ4v) is 8.61. The largest absolute Gasteiger partial charge is 0.455 e. The molecule has 0 aliphatic rings. The van der Waals surface area contributed by atoms with Crippen molar-refractivity contribution in [3.63, 3.8) is 0 Å². The minimum Gasteiger partial charge on any atom is -0.455 e.